The molecule has 1 amide bonds. The van der Waals surface area contributed by atoms with Crippen molar-refractivity contribution in [3.05, 3.63) is 26.7 Å². The maximum atomic E-state index is 14.2. The molecular weight excluding hydrogens is 412 g/mol. The molecule has 2 aromatic rings. The second-order valence-electron chi connectivity index (χ2n) is 10.3. The first kappa shape index (κ1) is 19.5. The number of rotatable bonds is 2. The quantitative estimate of drug-likeness (QED) is 0.457. The number of pyridine rings is 1. The summed E-state index contributed by atoms with van der Waals surface area (Å²) in [5.41, 5.74) is 3.56. The summed E-state index contributed by atoms with van der Waals surface area (Å²) in [5.74, 6) is 0.832. The van der Waals surface area contributed by atoms with Crippen LogP contribution >= 0.6 is 22.9 Å². The Morgan fingerprint density at radius 2 is 1.57 bits per heavy atom. The van der Waals surface area contributed by atoms with E-state index in [-0.39, 0.29) is 11.1 Å². The summed E-state index contributed by atoms with van der Waals surface area (Å²) in [6.07, 6.45) is 15.0. The number of amides is 1. The number of carbonyl (C=O) groups excluding carboxylic acids is 1. The van der Waals surface area contributed by atoms with E-state index in [2.05, 4.69) is 11.8 Å². The Morgan fingerprint density at radius 3 is 2.10 bits per heavy atom. The first-order valence-electron chi connectivity index (χ1n) is 11.9. The van der Waals surface area contributed by atoms with Gasteiger partial charge in [0, 0.05) is 5.39 Å². The number of hydrogen-bond donors (Lipinski definition) is 0. The normalized spacial score (nSPS) is 24.7. The van der Waals surface area contributed by atoms with Crippen molar-refractivity contribution in [1.82, 2.24) is 9.88 Å². The molecule has 0 aromatic carbocycles. The Bertz CT molecular complexity index is 1020. The van der Waals surface area contributed by atoms with Crippen LogP contribution in [0.4, 0.5) is 0 Å². The number of fused-ring (bicyclic) bond motifs is 2. The predicted molar refractivity (Wildman–Crippen MR) is 124 cm³/mol. The Balaban J connectivity index is 1.48. The van der Waals surface area contributed by atoms with Crippen LogP contribution in [0.3, 0.4) is 0 Å². The number of halogens is 1. The van der Waals surface area contributed by atoms with Crippen LogP contribution in [0.15, 0.2) is 0 Å². The molecule has 3 aliphatic carbocycles. The molecule has 0 radical (unpaired) electrons. The second kappa shape index (κ2) is 6.68. The molecule has 0 bridgehead atoms. The van der Waals surface area contributed by atoms with Crippen LogP contribution in [0.5, 0.6) is 0 Å². The molecule has 5 heteroatoms. The van der Waals surface area contributed by atoms with E-state index in [0.717, 1.165) is 26.0 Å². The summed E-state index contributed by atoms with van der Waals surface area (Å²) in [6.45, 7) is 4.08. The van der Waals surface area contributed by atoms with Crippen molar-refractivity contribution >= 4 is 39.1 Å². The van der Waals surface area contributed by atoms with Crippen LogP contribution in [0.2, 0.25) is 5.02 Å². The number of thiophene rings is 1. The van der Waals surface area contributed by atoms with Crippen LogP contribution in [-0.2, 0) is 0 Å². The van der Waals surface area contributed by atoms with E-state index in [4.69, 9.17) is 16.6 Å². The van der Waals surface area contributed by atoms with Gasteiger partial charge in [0.05, 0.1) is 26.7 Å². The molecule has 2 spiro atoms. The smallest absolute Gasteiger partial charge is 0.265 e. The lowest BCUT2D eigenvalue weighted by Gasteiger charge is -2.27. The summed E-state index contributed by atoms with van der Waals surface area (Å²) < 4.78 is 0. The molecule has 3 heterocycles. The highest BCUT2D eigenvalue weighted by atomic mass is 35.5. The minimum Gasteiger partial charge on any atom is -0.322 e. The molecule has 0 atom stereocenters. The standard InChI is InChI=1S/C25H31ClN2OS/c1-15-18-19(17-9-10-17)21(30-22(18)27-16(2)20(15)26)23(29)28-24(11-5-3-6-12-24)25(28)13-7-4-8-14-25/h17H,3-14H2,1-2H3. The maximum Gasteiger partial charge on any atom is 0.265 e. The fraction of sp³-hybridized carbons (Fsp3) is 0.680. The lowest BCUT2D eigenvalue weighted by Crippen LogP contribution is -2.30. The molecular formula is C25H31ClN2OS. The van der Waals surface area contributed by atoms with Gasteiger partial charge < -0.3 is 4.90 Å². The van der Waals surface area contributed by atoms with Gasteiger partial charge in [0.1, 0.15) is 4.83 Å². The van der Waals surface area contributed by atoms with Gasteiger partial charge in [-0.1, -0.05) is 50.1 Å². The average molecular weight is 443 g/mol. The molecule has 30 heavy (non-hydrogen) atoms. The van der Waals surface area contributed by atoms with Gasteiger partial charge in [0.15, 0.2) is 0 Å². The summed E-state index contributed by atoms with van der Waals surface area (Å²) >= 11 is 8.24. The Morgan fingerprint density at radius 1 is 1.00 bits per heavy atom. The summed E-state index contributed by atoms with van der Waals surface area (Å²) in [4.78, 5) is 23.4. The second-order valence-corrected chi connectivity index (χ2v) is 11.6. The molecule has 3 nitrogen and oxygen atoms in total. The van der Waals surface area contributed by atoms with Gasteiger partial charge in [0.25, 0.3) is 5.91 Å². The van der Waals surface area contributed by atoms with E-state index in [9.17, 15) is 4.79 Å². The lowest BCUT2D eigenvalue weighted by atomic mass is 9.73. The Kier molecular flexibility index (Phi) is 4.35. The molecule has 6 rings (SSSR count). The third kappa shape index (κ3) is 2.50. The SMILES string of the molecule is Cc1nc2sc(C(=O)N3C4(CCCCC4)C34CCCCC4)c(C3CC3)c2c(C)c1Cl. The third-order valence-corrected chi connectivity index (χ3v) is 10.3. The van der Waals surface area contributed by atoms with Crippen molar-refractivity contribution in [3.8, 4) is 0 Å². The molecule has 1 aliphatic heterocycles. The monoisotopic (exact) mass is 442 g/mol. The van der Waals surface area contributed by atoms with Crippen LogP contribution in [-0.4, -0.2) is 26.9 Å². The van der Waals surface area contributed by atoms with Crippen molar-refractivity contribution in [2.24, 2.45) is 0 Å². The topological polar surface area (TPSA) is 33.0 Å². The number of aryl methyl sites for hydroxylation is 2. The van der Waals surface area contributed by atoms with Crippen molar-refractivity contribution in [1.29, 1.82) is 0 Å². The van der Waals surface area contributed by atoms with Gasteiger partial charge in [0.2, 0.25) is 0 Å². The van der Waals surface area contributed by atoms with Gasteiger partial charge >= 0.3 is 0 Å². The van der Waals surface area contributed by atoms with Crippen LogP contribution in [0, 0.1) is 13.8 Å². The number of aromatic nitrogens is 1. The summed E-state index contributed by atoms with van der Waals surface area (Å²) in [6, 6.07) is 0. The predicted octanol–water partition coefficient (Wildman–Crippen LogP) is 7.31. The van der Waals surface area contributed by atoms with Gasteiger partial charge in [-0.3, -0.25) is 4.79 Å². The fourth-order valence-electron chi connectivity index (χ4n) is 7.08. The van der Waals surface area contributed by atoms with Crippen LogP contribution < -0.4 is 0 Å². The van der Waals surface area contributed by atoms with Gasteiger partial charge in [-0.2, -0.15) is 0 Å². The highest BCUT2D eigenvalue weighted by Crippen LogP contribution is 2.66. The van der Waals surface area contributed by atoms with Crippen LogP contribution in [0.25, 0.3) is 10.2 Å². The first-order chi connectivity index (χ1) is 14.5. The van der Waals surface area contributed by atoms with E-state index in [0.29, 0.717) is 11.8 Å². The minimum atomic E-state index is 0.149. The molecule has 4 aliphatic rings. The zero-order valence-electron chi connectivity index (χ0n) is 18.2. The van der Waals surface area contributed by atoms with Crippen molar-refractivity contribution in [3.63, 3.8) is 0 Å². The van der Waals surface area contributed by atoms with E-state index in [1.807, 2.05) is 6.92 Å². The van der Waals surface area contributed by atoms with Crippen molar-refractivity contribution < 1.29 is 4.79 Å². The zero-order chi connectivity index (χ0) is 20.7. The summed E-state index contributed by atoms with van der Waals surface area (Å²) in [7, 11) is 0. The molecule has 0 unspecified atom stereocenters. The van der Waals surface area contributed by atoms with E-state index in [1.54, 1.807) is 11.3 Å². The Hall–Kier alpha value is -1.13. The lowest BCUT2D eigenvalue weighted by molar-refractivity contribution is 0.0818. The van der Waals surface area contributed by atoms with Gasteiger partial charge in [-0.25, -0.2) is 4.98 Å². The number of carbonyl (C=O) groups is 1. The largest absolute Gasteiger partial charge is 0.322 e. The molecule has 3 saturated carbocycles. The minimum absolute atomic E-state index is 0.149. The fourth-order valence-corrected chi connectivity index (χ4v) is 8.52. The van der Waals surface area contributed by atoms with Crippen molar-refractivity contribution in [2.45, 2.75) is 108 Å². The van der Waals surface area contributed by atoms with E-state index < -0.39 is 0 Å². The van der Waals surface area contributed by atoms with E-state index >= 15 is 0 Å². The zero-order valence-corrected chi connectivity index (χ0v) is 19.7. The molecule has 0 N–H and O–H groups in total. The molecule has 1 saturated heterocycles. The molecule has 160 valence electrons. The molecule has 4 fully saturated rings. The van der Waals surface area contributed by atoms with Gasteiger partial charge in [-0.05, 0) is 69.4 Å². The average Bonchev–Trinajstić information content (AvgIpc) is 3.64. The number of hydrogen-bond acceptors (Lipinski definition) is 3. The van der Waals surface area contributed by atoms with Gasteiger partial charge in [-0.15, -0.1) is 11.3 Å². The van der Waals surface area contributed by atoms with E-state index in [1.165, 1.54) is 88.0 Å². The highest BCUT2D eigenvalue weighted by Gasteiger charge is 2.75. The third-order valence-electron chi connectivity index (χ3n) is 8.63. The summed E-state index contributed by atoms with van der Waals surface area (Å²) in [5, 5.41) is 1.94. The van der Waals surface area contributed by atoms with Crippen LogP contribution in [0.1, 0.15) is 109 Å². The van der Waals surface area contributed by atoms with Crippen molar-refractivity contribution in [2.75, 3.05) is 0 Å². The maximum absolute atomic E-state index is 14.2. The highest BCUT2D eigenvalue weighted by molar-refractivity contribution is 7.20. The number of nitrogens with zero attached hydrogens (tertiary/aromatic N) is 2. The first-order valence-corrected chi connectivity index (χ1v) is 13.1. The molecule has 2 aromatic heterocycles. The Labute approximate surface area is 188 Å².